The molecule has 2 aromatic rings. The zero-order valence-electron chi connectivity index (χ0n) is 13.0. The van der Waals surface area contributed by atoms with E-state index < -0.39 is 5.97 Å². The van der Waals surface area contributed by atoms with Crippen LogP contribution in [0.2, 0.25) is 0 Å². The lowest BCUT2D eigenvalue weighted by atomic mass is 9.95. The number of thiazole rings is 1. The highest BCUT2D eigenvalue weighted by molar-refractivity contribution is 7.10. The molecule has 0 atom stereocenters. The molecule has 3 rings (SSSR count). The number of hydrogen-bond acceptors (Lipinski definition) is 4. The smallest absolute Gasteiger partial charge is 0.335 e. The van der Waals surface area contributed by atoms with Crippen molar-refractivity contribution < 1.29 is 14.7 Å². The number of nitrogens with zero attached hydrogens (tertiary/aromatic N) is 1. The minimum atomic E-state index is -0.928. The average molecular weight is 330 g/mol. The van der Waals surface area contributed by atoms with Crippen molar-refractivity contribution in [2.24, 2.45) is 0 Å². The van der Waals surface area contributed by atoms with E-state index in [2.05, 4.69) is 10.3 Å². The second-order valence-electron chi connectivity index (χ2n) is 6.13. The molecule has 0 aliphatic heterocycles. The van der Waals surface area contributed by atoms with E-state index in [4.69, 9.17) is 5.11 Å². The van der Waals surface area contributed by atoms with Crippen molar-refractivity contribution in [3.05, 3.63) is 51.5 Å². The van der Waals surface area contributed by atoms with Crippen LogP contribution in [0.15, 0.2) is 29.6 Å². The highest BCUT2D eigenvalue weighted by atomic mass is 32.1. The molecule has 1 aromatic carbocycles. The molecule has 23 heavy (non-hydrogen) atoms. The molecule has 2 N–H and O–H groups in total. The van der Waals surface area contributed by atoms with Gasteiger partial charge in [0.05, 0.1) is 5.56 Å². The van der Waals surface area contributed by atoms with Crippen LogP contribution >= 0.6 is 11.3 Å². The van der Waals surface area contributed by atoms with Crippen LogP contribution in [0.4, 0.5) is 0 Å². The molecule has 1 aliphatic rings. The summed E-state index contributed by atoms with van der Waals surface area (Å²) in [6.45, 7) is 3.83. The van der Waals surface area contributed by atoms with Crippen LogP contribution in [0.3, 0.4) is 0 Å². The number of carboxylic acid groups (broad SMARTS) is 1. The molecule has 0 saturated heterocycles. The number of aromatic carboxylic acids is 1. The topological polar surface area (TPSA) is 79.3 Å². The minimum absolute atomic E-state index is 0.0751. The van der Waals surface area contributed by atoms with Gasteiger partial charge in [-0.15, -0.1) is 11.3 Å². The summed E-state index contributed by atoms with van der Waals surface area (Å²) in [5, 5.41) is 14.6. The summed E-state index contributed by atoms with van der Waals surface area (Å²) in [6.07, 6.45) is 1.94. The highest BCUT2D eigenvalue weighted by Gasteiger charge is 2.48. The van der Waals surface area contributed by atoms with E-state index in [0.717, 1.165) is 23.4 Å². The number of carbonyl (C=O) groups is 2. The number of carbonyl (C=O) groups excluding carboxylic acids is 1. The molecule has 0 spiro atoms. The third-order valence-corrected chi connectivity index (χ3v) is 5.05. The molecule has 120 valence electrons. The second-order valence-corrected chi connectivity index (χ2v) is 6.99. The van der Waals surface area contributed by atoms with Crippen molar-refractivity contribution >= 4 is 23.2 Å². The Morgan fingerprint density at radius 3 is 2.43 bits per heavy atom. The Hall–Kier alpha value is -2.21. The largest absolute Gasteiger partial charge is 0.478 e. The molecule has 1 saturated carbocycles. The fraction of sp³-hybridized carbons (Fsp3) is 0.353. The van der Waals surface area contributed by atoms with Crippen molar-refractivity contribution in [1.29, 1.82) is 0 Å². The number of nitrogens with one attached hydrogen (secondary N) is 1. The SMILES string of the molecule is CC(C)NC(=O)c1csc(C2(c3ccc(C(=O)O)cc3)CC2)n1. The van der Waals surface area contributed by atoms with Crippen LogP contribution in [-0.4, -0.2) is 28.0 Å². The molecular weight excluding hydrogens is 312 g/mol. The van der Waals surface area contributed by atoms with Gasteiger partial charge in [-0.1, -0.05) is 12.1 Å². The van der Waals surface area contributed by atoms with Gasteiger partial charge in [-0.2, -0.15) is 0 Å². The molecule has 1 heterocycles. The standard InChI is InChI=1S/C17H18N2O3S/c1-10(2)18-14(20)13-9-23-16(19-13)17(7-8-17)12-5-3-11(4-6-12)15(21)22/h3-6,9-10H,7-8H2,1-2H3,(H,18,20)(H,21,22). The summed E-state index contributed by atoms with van der Waals surface area (Å²) < 4.78 is 0. The van der Waals surface area contributed by atoms with Crippen molar-refractivity contribution in [2.45, 2.75) is 38.1 Å². The second kappa shape index (κ2) is 5.77. The van der Waals surface area contributed by atoms with Gasteiger partial charge < -0.3 is 10.4 Å². The lowest BCUT2D eigenvalue weighted by Crippen LogP contribution is -2.30. The molecule has 1 aliphatic carbocycles. The van der Waals surface area contributed by atoms with Crippen LogP contribution in [0.1, 0.15) is 58.1 Å². The Kier molecular flexibility index (Phi) is 3.93. The number of amides is 1. The average Bonchev–Trinajstić information content (AvgIpc) is 3.16. The van der Waals surface area contributed by atoms with Gasteiger partial charge >= 0.3 is 5.97 Å². The first kappa shape index (κ1) is 15.7. The quantitative estimate of drug-likeness (QED) is 0.883. The molecule has 1 aromatic heterocycles. The predicted octanol–water partition coefficient (Wildman–Crippen LogP) is 3.06. The van der Waals surface area contributed by atoms with Gasteiger partial charge in [-0.3, -0.25) is 4.79 Å². The summed E-state index contributed by atoms with van der Waals surface area (Å²) in [5.74, 6) is -1.08. The summed E-state index contributed by atoms with van der Waals surface area (Å²) in [7, 11) is 0. The van der Waals surface area contributed by atoms with E-state index in [1.807, 2.05) is 26.0 Å². The molecule has 0 unspecified atom stereocenters. The maximum atomic E-state index is 12.0. The maximum absolute atomic E-state index is 12.0. The van der Waals surface area contributed by atoms with Crippen molar-refractivity contribution in [1.82, 2.24) is 10.3 Å². The van der Waals surface area contributed by atoms with Gasteiger partial charge in [-0.25, -0.2) is 9.78 Å². The summed E-state index contributed by atoms with van der Waals surface area (Å²) >= 11 is 1.49. The van der Waals surface area contributed by atoms with E-state index >= 15 is 0 Å². The lowest BCUT2D eigenvalue weighted by molar-refractivity contribution is 0.0696. The third kappa shape index (κ3) is 2.99. The normalized spacial score (nSPS) is 15.4. The lowest BCUT2D eigenvalue weighted by Gasteiger charge is -2.13. The van der Waals surface area contributed by atoms with E-state index in [-0.39, 0.29) is 22.9 Å². The van der Waals surface area contributed by atoms with Gasteiger partial charge in [0.15, 0.2) is 0 Å². The van der Waals surface area contributed by atoms with Crippen LogP contribution < -0.4 is 5.32 Å². The molecule has 0 radical (unpaired) electrons. The van der Waals surface area contributed by atoms with E-state index in [1.54, 1.807) is 17.5 Å². The molecule has 6 heteroatoms. The van der Waals surface area contributed by atoms with Gasteiger partial charge in [0.25, 0.3) is 5.91 Å². The minimum Gasteiger partial charge on any atom is -0.478 e. The summed E-state index contributed by atoms with van der Waals surface area (Å²) in [4.78, 5) is 27.5. The molecular formula is C17H18N2O3S. The number of carboxylic acids is 1. The zero-order valence-corrected chi connectivity index (χ0v) is 13.8. The number of benzene rings is 1. The first-order chi connectivity index (χ1) is 10.9. The maximum Gasteiger partial charge on any atom is 0.335 e. The number of hydrogen-bond donors (Lipinski definition) is 2. The highest BCUT2D eigenvalue weighted by Crippen LogP contribution is 2.54. The molecule has 0 bridgehead atoms. The zero-order chi connectivity index (χ0) is 16.6. The monoisotopic (exact) mass is 330 g/mol. The Morgan fingerprint density at radius 1 is 1.26 bits per heavy atom. The van der Waals surface area contributed by atoms with Gasteiger partial charge in [0.1, 0.15) is 10.7 Å². The molecule has 1 amide bonds. The van der Waals surface area contributed by atoms with Crippen LogP contribution in [0.5, 0.6) is 0 Å². The fourth-order valence-corrected chi connectivity index (χ4v) is 3.70. The Morgan fingerprint density at radius 2 is 1.91 bits per heavy atom. The van der Waals surface area contributed by atoms with Crippen LogP contribution in [-0.2, 0) is 5.41 Å². The van der Waals surface area contributed by atoms with Crippen molar-refractivity contribution in [2.75, 3.05) is 0 Å². The number of aromatic nitrogens is 1. The predicted molar refractivity (Wildman–Crippen MR) is 88.1 cm³/mol. The summed E-state index contributed by atoms with van der Waals surface area (Å²) in [6, 6.07) is 7.03. The van der Waals surface area contributed by atoms with Crippen LogP contribution in [0.25, 0.3) is 0 Å². The van der Waals surface area contributed by atoms with Crippen molar-refractivity contribution in [3.8, 4) is 0 Å². The number of rotatable bonds is 5. The van der Waals surface area contributed by atoms with E-state index in [0.29, 0.717) is 5.69 Å². The summed E-state index contributed by atoms with van der Waals surface area (Å²) in [5.41, 5.74) is 1.64. The third-order valence-electron chi connectivity index (χ3n) is 4.00. The van der Waals surface area contributed by atoms with Gasteiger partial charge in [0.2, 0.25) is 0 Å². The van der Waals surface area contributed by atoms with Crippen molar-refractivity contribution in [3.63, 3.8) is 0 Å². The fourth-order valence-electron chi connectivity index (χ4n) is 2.62. The Labute approximate surface area is 138 Å². The molecule has 1 fully saturated rings. The van der Waals surface area contributed by atoms with Gasteiger partial charge in [-0.05, 0) is 44.4 Å². The first-order valence-electron chi connectivity index (χ1n) is 7.53. The van der Waals surface area contributed by atoms with Gasteiger partial charge in [0, 0.05) is 16.8 Å². The molecule has 5 nitrogen and oxygen atoms in total. The van der Waals surface area contributed by atoms with E-state index in [9.17, 15) is 9.59 Å². The Bertz CT molecular complexity index is 745. The Balaban J connectivity index is 1.85. The van der Waals surface area contributed by atoms with E-state index in [1.165, 1.54) is 11.3 Å². The van der Waals surface area contributed by atoms with Crippen LogP contribution in [0, 0.1) is 0 Å². The first-order valence-corrected chi connectivity index (χ1v) is 8.41.